The molecule has 0 spiro atoms. The Labute approximate surface area is 144 Å². The fourth-order valence-corrected chi connectivity index (χ4v) is 3.28. The van der Waals surface area contributed by atoms with Gasteiger partial charge in [-0.15, -0.1) is 0 Å². The minimum atomic E-state index is -1.09. The Balaban J connectivity index is 1.86. The van der Waals surface area contributed by atoms with Gasteiger partial charge in [0.15, 0.2) is 12.2 Å². The second-order valence-corrected chi connectivity index (χ2v) is 13.0. The third-order valence-corrected chi connectivity index (χ3v) is 5.62. The molecule has 0 unspecified atom stereocenters. The molecule has 0 N–H and O–H groups in total. The molecule has 6 nitrogen and oxygen atoms in total. The second-order valence-electron chi connectivity index (χ2n) is 6.59. The van der Waals surface area contributed by atoms with Crippen molar-refractivity contribution in [1.82, 2.24) is 19.7 Å². The van der Waals surface area contributed by atoms with Crippen LogP contribution in [0.4, 0.5) is 0 Å². The quantitative estimate of drug-likeness (QED) is 0.356. The topological polar surface area (TPSA) is 66.0 Å². The first-order valence-corrected chi connectivity index (χ1v) is 11.9. The van der Waals surface area contributed by atoms with Gasteiger partial charge in [0.2, 0.25) is 0 Å². The lowest BCUT2D eigenvalue weighted by atomic mass is 10.2. The molecule has 0 aliphatic carbocycles. The van der Waals surface area contributed by atoms with Crippen molar-refractivity contribution in [3.8, 4) is 11.5 Å². The van der Waals surface area contributed by atoms with E-state index in [0.717, 1.165) is 33.9 Å². The molecule has 0 aromatic carbocycles. The van der Waals surface area contributed by atoms with E-state index in [-0.39, 0.29) is 0 Å². The first kappa shape index (κ1) is 16.3. The minimum Gasteiger partial charge on any atom is -0.442 e. The van der Waals surface area contributed by atoms with Crippen LogP contribution in [-0.4, -0.2) is 34.4 Å². The molecule has 0 amide bonds. The first-order chi connectivity index (χ1) is 10.9. The van der Waals surface area contributed by atoms with Crippen LogP contribution in [0.2, 0.25) is 25.7 Å². The molecule has 0 fully saturated rings. The molecule has 0 atom stereocenters. The first-order valence-electron chi connectivity index (χ1n) is 7.43. The molecule has 0 saturated carbocycles. The number of pyridine rings is 1. The molecule has 3 rings (SSSR count). The number of aromatic nitrogens is 4. The number of hydrogen-bond donors (Lipinski definition) is 0. The molecule has 122 valence electrons. The number of rotatable bonds is 6. The van der Waals surface area contributed by atoms with Gasteiger partial charge < -0.3 is 9.15 Å². The molecule has 0 saturated heterocycles. The average molecular weight is 395 g/mol. The van der Waals surface area contributed by atoms with E-state index >= 15 is 0 Å². The number of oxazole rings is 1. The van der Waals surface area contributed by atoms with Gasteiger partial charge in [-0.3, -0.25) is 0 Å². The molecule has 0 bridgehead atoms. The van der Waals surface area contributed by atoms with Crippen LogP contribution >= 0.6 is 15.9 Å². The van der Waals surface area contributed by atoms with Gasteiger partial charge >= 0.3 is 0 Å². The Kier molecular flexibility index (Phi) is 4.65. The van der Waals surface area contributed by atoms with Gasteiger partial charge in [0.1, 0.15) is 17.0 Å². The van der Waals surface area contributed by atoms with Crippen LogP contribution in [0, 0.1) is 0 Å². The summed E-state index contributed by atoms with van der Waals surface area (Å²) in [5, 5.41) is 5.57. The second kappa shape index (κ2) is 6.54. The maximum atomic E-state index is 5.81. The van der Waals surface area contributed by atoms with E-state index in [9.17, 15) is 0 Å². The van der Waals surface area contributed by atoms with Crippen LogP contribution in [0.1, 0.15) is 0 Å². The van der Waals surface area contributed by atoms with Crippen LogP contribution in [-0.2, 0) is 11.5 Å². The monoisotopic (exact) mass is 394 g/mol. The molecule has 0 aliphatic rings. The third kappa shape index (κ3) is 3.88. The van der Waals surface area contributed by atoms with E-state index in [1.54, 1.807) is 12.4 Å². The summed E-state index contributed by atoms with van der Waals surface area (Å²) in [5.74, 6) is 0.633. The molecule has 8 heteroatoms. The van der Waals surface area contributed by atoms with Crippen LogP contribution in [0.25, 0.3) is 22.4 Å². The lowest BCUT2D eigenvalue weighted by Gasteiger charge is -2.15. The summed E-state index contributed by atoms with van der Waals surface area (Å²) in [6.07, 6.45) is 4.85. The van der Waals surface area contributed by atoms with E-state index in [1.165, 1.54) is 6.39 Å². The predicted octanol–water partition coefficient (Wildman–Crippen LogP) is 4.16. The summed E-state index contributed by atoms with van der Waals surface area (Å²) in [6.45, 7) is 8.16. The van der Waals surface area contributed by atoms with Gasteiger partial charge in [0.05, 0.1) is 17.9 Å². The number of hydrogen-bond acceptors (Lipinski definition) is 5. The zero-order valence-electron chi connectivity index (χ0n) is 13.4. The maximum absolute atomic E-state index is 5.81. The summed E-state index contributed by atoms with van der Waals surface area (Å²) in [4.78, 5) is 8.26. The highest BCUT2D eigenvalue weighted by molar-refractivity contribution is 9.10. The maximum Gasteiger partial charge on any atom is 0.181 e. The molecule has 3 heterocycles. The van der Waals surface area contributed by atoms with Gasteiger partial charge in [-0.1, -0.05) is 19.6 Å². The molecular formula is C15H19BrN4O2Si. The van der Waals surface area contributed by atoms with E-state index in [2.05, 4.69) is 50.6 Å². The SMILES string of the molecule is C[Si](C)(C)CCOCn1nc(-c2cnco2)c2cc(Br)ncc21. The van der Waals surface area contributed by atoms with Crippen LogP contribution < -0.4 is 0 Å². The van der Waals surface area contributed by atoms with Crippen molar-refractivity contribution in [3.05, 3.63) is 29.5 Å². The van der Waals surface area contributed by atoms with Crippen molar-refractivity contribution in [2.24, 2.45) is 0 Å². The Hall–Kier alpha value is -1.51. The molecule has 0 aliphatic heterocycles. The van der Waals surface area contributed by atoms with E-state index in [1.807, 2.05) is 10.7 Å². The lowest BCUT2D eigenvalue weighted by Crippen LogP contribution is -2.22. The molecule has 3 aromatic rings. The summed E-state index contributed by atoms with van der Waals surface area (Å²) in [6, 6.07) is 3.06. The highest BCUT2D eigenvalue weighted by Crippen LogP contribution is 2.29. The van der Waals surface area contributed by atoms with Gasteiger partial charge in [0, 0.05) is 20.1 Å². The van der Waals surface area contributed by atoms with Gasteiger partial charge in [-0.25, -0.2) is 14.6 Å². The predicted molar refractivity (Wildman–Crippen MR) is 94.8 cm³/mol. The van der Waals surface area contributed by atoms with Crippen molar-refractivity contribution in [1.29, 1.82) is 0 Å². The summed E-state index contributed by atoms with van der Waals surface area (Å²) >= 11 is 3.40. The van der Waals surface area contributed by atoms with Crippen LogP contribution in [0.15, 0.2) is 33.9 Å². The largest absolute Gasteiger partial charge is 0.442 e. The molecular weight excluding hydrogens is 376 g/mol. The highest BCUT2D eigenvalue weighted by Gasteiger charge is 2.16. The zero-order valence-corrected chi connectivity index (χ0v) is 16.0. The standard InChI is InChI=1S/C15H19BrN4O2Si/c1-23(2,3)5-4-21-10-20-12-7-18-14(16)6-11(12)15(19-20)13-8-17-9-22-13/h6-9H,4-5,10H2,1-3H3. The van der Waals surface area contributed by atoms with Crippen molar-refractivity contribution >= 4 is 34.9 Å². The van der Waals surface area contributed by atoms with E-state index < -0.39 is 8.07 Å². The van der Waals surface area contributed by atoms with Crippen LogP contribution in [0.3, 0.4) is 0 Å². The lowest BCUT2D eigenvalue weighted by molar-refractivity contribution is 0.0818. The fraction of sp³-hybridized carbons (Fsp3) is 0.400. The Morgan fingerprint density at radius 2 is 2.13 bits per heavy atom. The molecule has 0 radical (unpaired) electrons. The number of nitrogens with zero attached hydrogens (tertiary/aromatic N) is 4. The van der Waals surface area contributed by atoms with Gasteiger partial charge in [0.25, 0.3) is 0 Å². The van der Waals surface area contributed by atoms with Gasteiger partial charge in [-0.05, 0) is 28.0 Å². The molecule has 3 aromatic heterocycles. The number of ether oxygens (including phenoxy) is 1. The Morgan fingerprint density at radius 3 is 2.83 bits per heavy atom. The number of fused-ring (bicyclic) bond motifs is 1. The van der Waals surface area contributed by atoms with Crippen molar-refractivity contribution in [2.45, 2.75) is 32.4 Å². The van der Waals surface area contributed by atoms with E-state index in [0.29, 0.717) is 12.5 Å². The minimum absolute atomic E-state index is 0.401. The average Bonchev–Trinajstić information content (AvgIpc) is 3.09. The van der Waals surface area contributed by atoms with E-state index in [4.69, 9.17) is 9.15 Å². The van der Waals surface area contributed by atoms with Crippen molar-refractivity contribution in [2.75, 3.05) is 6.61 Å². The zero-order chi connectivity index (χ0) is 16.4. The summed E-state index contributed by atoms with van der Waals surface area (Å²) in [7, 11) is -1.09. The summed E-state index contributed by atoms with van der Waals surface area (Å²) < 4.78 is 13.8. The summed E-state index contributed by atoms with van der Waals surface area (Å²) in [5.41, 5.74) is 1.65. The normalized spacial score (nSPS) is 12.2. The Bertz CT molecular complexity index is 796. The Morgan fingerprint density at radius 1 is 1.30 bits per heavy atom. The van der Waals surface area contributed by atoms with Crippen molar-refractivity contribution < 1.29 is 9.15 Å². The van der Waals surface area contributed by atoms with Crippen molar-refractivity contribution in [3.63, 3.8) is 0 Å². The van der Waals surface area contributed by atoms with Gasteiger partial charge in [-0.2, -0.15) is 5.10 Å². The highest BCUT2D eigenvalue weighted by atomic mass is 79.9. The smallest absolute Gasteiger partial charge is 0.181 e. The molecule has 23 heavy (non-hydrogen) atoms. The number of halogens is 1. The van der Waals surface area contributed by atoms with Crippen LogP contribution in [0.5, 0.6) is 0 Å². The third-order valence-electron chi connectivity index (χ3n) is 3.48. The fourth-order valence-electron chi connectivity index (χ4n) is 2.19.